The van der Waals surface area contributed by atoms with Crippen molar-refractivity contribution in [3.8, 4) is 0 Å². The standard InChI is InChI=1S/C20H27N3O2/c1-14-11-18(15(2)23(14)13-17-8-4-5-10-21-17)20(25)22(3)12-16-7-6-9-19(16)24/h4-5,8,10-11,16,19,24H,6-7,9,12-13H2,1-3H3. The van der Waals surface area contributed by atoms with E-state index in [0.717, 1.165) is 41.9 Å². The Morgan fingerprint density at radius 1 is 1.36 bits per heavy atom. The van der Waals surface area contributed by atoms with E-state index in [4.69, 9.17) is 0 Å². The van der Waals surface area contributed by atoms with Gasteiger partial charge in [-0.05, 0) is 44.9 Å². The maximum atomic E-state index is 12.9. The summed E-state index contributed by atoms with van der Waals surface area (Å²) in [5.74, 6) is 0.227. The van der Waals surface area contributed by atoms with Gasteiger partial charge in [-0.25, -0.2) is 0 Å². The van der Waals surface area contributed by atoms with E-state index in [0.29, 0.717) is 13.1 Å². The largest absolute Gasteiger partial charge is 0.393 e. The molecule has 1 amide bonds. The Hall–Kier alpha value is -2.14. The van der Waals surface area contributed by atoms with Crippen LogP contribution < -0.4 is 0 Å². The fourth-order valence-electron chi connectivity index (χ4n) is 3.79. The molecular weight excluding hydrogens is 314 g/mol. The quantitative estimate of drug-likeness (QED) is 0.910. The normalized spacial score (nSPS) is 20.0. The molecule has 0 spiro atoms. The first-order valence-corrected chi connectivity index (χ1v) is 8.97. The molecule has 1 aliphatic carbocycles. The van der Waals surface area contributed by atoms with Crippen LogP contribution >= 0.6 is 0 Å². The van der Waals surface area contributed by atoms with E-state index in [1.54, 1.807) is 11.1 Å². The summed E-state index contributed by atoms with van der Waals surface area (Å²) in [5, 5.41) is 10.0. The second kappa shape index (κ2) is 7.40. The molecule has 1 aliphatic rings. The highest BCUT2D eigenvalue weighted by Crippen LogP contribution is 2.27. The maximum Gasteiger partial charge on any atom is 0.255 e. The molecule has 5 nitrogen and oxygen atoms in total. The number of aryl methyl sites for hydroxylation is 1. The van der Waals surface area contributed by atoms with Crippen LogP contribution in [0.15, 0.2) is 30.5 Å². The van der Waals surface area contributed by atoms with Crippen LogP contribution in [0.1, 0.15) is 46.7 Å². The Morgan fingerprint density at radius 3 is 2.80 bits per heavy atom. The second-order valence-corrected chi connectivity index (χ2v) is 7.14. The Balaban J connectivity index is 1.75. The van der Waals surface area contributed by atoms with Crippen LogP contribution in [-0.4, -0.2) is 45.2 Å². The van der Waals surface area contributed by atoms with Crippen LogP contribution in [-0.2, 0) is 6.54 Å². The lowest BCUT2D eigenvalue weighted by atomic mass is 10.1. The number of nitrogens with zero attached hydrogens (tertiary/aromatic N) is 3. The first kappa shape index (κ1) is 17.7. The fourth-order valence-corrected chi connectivity index (χ4v) is 3.79. The molecule has 0 aliphatic heterocycles. The average molecular weight is 341 g/mol. The van der Waals surface area contributed by atoms with Crippen LogP contribution in [0.4, 0.5) is 0 Å². The van der Waals surface area contributed by atoms with Gasteiger partial charge in [-0.3, -0.25) is 9.78 Å². The summed E-state index contributed by atoms with van der Waals surface area (Å²) in [6.45, 7) is 5.29. The molecule has 2 aromatic rings. The van der Waals surface area contributed by atoms with Crippen molar-refractivity contribution in [2.45, 2.75) is 45.8 Å². The van der Waals surface area contributed by atoms with E-state index in [1.807, 2.05) is 45.2 Å². The number of hydrogen-bond acceptors (Lipinski definition) is 3. The molecule has 2 heterocycles. The highest BCUT2D eigenvalue weighted by atomic mass is 16.3. The second-order valence-electron chi connectivity index (χ2n) is 7.14. The average Bonchev–Trinajstić information content (AvgIpc) is 3.13. The minimum Gasteiger partial charge on any atom is -0.393 e. The molecule has 25 heavy (non-hydrogen) atoms. The van der Waals surface area contributed by atoms with Crippen LogP contribution in [0, 0.1) is 19.8 Å². The molecule has 1 N–H and O–H groups in total. The third-order valence-corrected chi connectivity index (χ3v) is 5.32. The van der Waals surface area contributed by atoms with Crippen molar-refractivity contribution in [2.75, 3.05) is 13.6 Å². The number of carbonyl (C=O) groups excluding carboxylic acids is 1. The molecule has 0 aromatic carbocycles. The highest BCUT2D eigenvalue weighted by Gasteiger charge is 2.28. The van der Waals surface area contributed by atoms with Gasteiger partial charge in [0.2, 0.25) is 0 Å². The summed E-state index contributed by atoms with van der Waals surface area (Å²) in [7, 11) is 1.83. The van der Waals surface area contributed by atoms with Crippen molar-refractivity contribution in [3.63, 3.8) is 0 Å². The number of carbonyl (C=O) groups is 1. The molecule has 1 saturated carbocycles. The topological polar surface area (TPSA) is 58.4 Å². The summed E-state index contributed by atoms with van der Waals surface area (Å²) in [6, 6.07) is 7.83. The Kier molecular flexibility index (Phi) is 5.23. The van der Waals surface area contributed by atoms with Gasteiger partial charge in [0.25, 0.3) is 5.91 Å². The summed E-state index contributed by atoms with van der Waals surface area (Å²) < 4.78 is 2.13. The Morgan fingerprint density at radius 2 is 2.16 bits per heavy atom. The van der Waals surface area contributed by atoms with Crippen molar-refractivity contribution in [1.82, 2.24) is 14.5 Å². The van der Waals surface area contributed by atoms with E-state index in [1.165, 1.54) is 0 Å². The van der Waals surface area contributed by atoms with Crippen molar-refractivity contribution in [1.29, 1.82) is 0 Å². The summed E-state index contributed by atoms with van der Waals surface area (Å²) in [5.41, 5.74) is 3.74. The predicted molar refractivity (Wildman–Crippen MR) is 97.6 cm³/mol. The zero-order chi connectivity index (χ0) is 18.0. The number of aromatic nitrogens is 2. The summed E-state index contributed by atoms with van der Waals surface area (Å²) in [6.07, 6.45) is 4.41. The zero-order valence-electron chi connectivity index (χ0n) is 15.3. The van der Waals surface area contributed by atoms with Crippen LogP contribution in [0.5, 0.6) is 0 Å². The number of aliphatic hydroxyl groups is 1. The molecule has 2 aromatic heterocycles. The molecule has 3 rings (SSSR count). The van der Waals surface area contributed by atoms with E-state index in [9.17, 15) is 9.90 Å². The Bertz CT molecular complexity index is 739. The first-order chi connectivity index (χ1) is 12.0. The molecule has 5 heteroatoms. The molecule has 0 bridgehead atoms. The Labute approximate surface area is 149 Å². The van der Waals surface area contributed by atoms with Crippen LogP contribution in [0.25, 0.3) is 0 Å². The zero-order valence-corrected chi connectivity index (χ0v) is 15.3. The number of rotatable bonds is 5. The third kappa shape index (κ3) is 3.76. The molecule has 2 unspecified atom stereocenters. The van der Waals surface area contributed by atoms with Gasteiger partial charge in [-0.1, -0.05) is 12.5 Å². The number of pyridine rings is 1. The van der Waals surface area contributed by atoms with Gasteiger partial charge in [-0.2, -0.15) is 0 Å². The lowest BCUT2D eigenvalue weighted by molar-refractivity contribution is 0.0693. The lowest BCUT2D eigenvalue weighted by Gasteiger charge is -2.23. The van der Waals surface area contributed by atoms with Gasteiger partial charge in [0, 0.05) is 37.1 Å². The van der Waals surface area contributed by atoms with Crippen molar-refractivity contribution >= 4 is 5.91 Å². The highest BCUT2D eigenvalue weighted by molar-refractivity contribution is 5.95. The van der Waals surface area contributed by atoms with Crippen molar-refractivity contribution in [3.05, 3.63) is 53.1 Å². The van der Waals surface area contributed by atoms with E-state index in [2.05, 4.69) is 9.55 Å². The first-order valence-electron chi connectivity index (χ1n) is 8.97. The van der Waals surface area contributed by atoms with Crippen molar-refractivity contribution in [2.24, 2.45) is 5.92 Å². The number of aliphatic hydroxyl groups excluding tert-OH is 1. The molecule has 1 fully saturated rings. The van der Waals surface area contributed by atoms with E-state index < -0.39 is 0 Å². The SMILES string of the molecule is Cc1cc(C(=O)N(C)CC2CCCC2O)c(C)n1Cc1ccccn1. The van der Waals surface area contributed by atoms with Gasteiger partial charge in [0.05, 0.1) is 23.9 Å². The molecular formula is C20H27N3O2. The molecule has 2 atom stereocenters. The molecule has 134 valence electrons. The smallest absolute Gasteiger partial charge is 0.255 e. The minimum absolute atomic E-state index is 0.0273. The number of hydrogen-bond donors (Lipinski definition) is 1. The number of amides is 1. The van der Waals surface area contributed by atoms with Crippen molar-refractivity contribution < 1.29 is 9.90 Å². The minimum atomic E-state index is -0.271. The summed E-state index contributed by atoms with van der Waals surface area (Å²) >= 11 is 0. The summed E-state index contributed by atoms with van der Waals surface area (Å²) in [4.78, 5) is 19.0. The third-order valence-electron chi connectivity index (χ3n) is 5.32. The lowest BCUT2D eigenvalue weighted by Crippen LogP contribution is -2.34. The molecule has 0 radical (unpaired) electrons. The fraction of sp³-hybridized carbons (Fsp3) is 0.500. The predicted octanol–water partition coefficient (Wildman–Crippen LogP) is 2.78. The van der Waals surface area contributed by atoms with Crippen LogP contribution in [0.2, 0.25) is 0 Å². The van der Waals surface area contributed by atoms with Gasteiger partial charge in [-0.15, -0.1) is 0 Å². The van der Waals surface area contributed by atoms with E-state index >= 15 is 0 Å². The van der Waals surface area contributed by atoms with Gasteiger partial charge in [0.15, 0.2) is 0 Å². The van der Waals surface area contributed by atoms with Gasteiger partial charge < -0.3 is 14.6 Å². The van der Waals surface area contributed by atoms with Gasteiger partial charge >= 0.3 is 0 Å². The maximum absolute atomic E-state index is 12.9. The van der Waals surface area contributed by atoms with E-state index in [-0.39, 0.29) is 17.9 Å². The monoisotopic (exact) mass is 341 g/mol. The molecule has 0 saturated heterocycles. The van der Waals surface area contributed by atoms with Crippen LogP contribution in [0.3, 0.4) is 0 Å². The van der Waals surface area contributed by atoms with Gasteiger partial charge in [0.1, 0.15) is 0 Å².